The Morgan fingerprint density at radius 3 is 2.42 bits per heavy atom. The van der Waals surface area contributed by atoms with Crippen LogP contribution in [0.4, 0.5) is 0 Å². The van der Waals surface area contributed by atoms with Crippen molar-refractivity contribution in [3.63, 3.8) is 0 Å². The second-order valence-electron chi connectivity index (χ2n) is 8.62. The van der Waals surface area contributed by atoms with Gasteiger partial charge in [-0.15, -0.1) is 10.2 Å². The average Bonchev–Trinajstić information content (AvgIpc) is 3.56. The minimum Gasteiger partial charge on any atom is -0.494 e. The Morgan fingerprint density at radius 1 is 1.00 bits per heavy atom. The van der Waals surface area contributed by atoms with E-state index in [9.17, 15) is 13.5 Å². The average molecular weight is 535 g/mol. The van der Waals surface area contributed by atoms with E-state index in [1.807, 2.05) is 12.1 Å². The highest BCUT2D eigenvalue weighted by Crippen LogP contribution is 2.37. The zero-order valence-corrected chi connectivity index (χ0v) is 21.8. The first-order valence-electron chi connectivity index (χ1n) is 11.7. The number of pyridine rings is 2. The maximum absolute atomic E-state index is 13.6. The molecule has 0 amide bonds. The topological polar surface area (TPSA) is 134 Å². The lowest BCUT2D eigenvalue weighted by molar-refractivity contribution is 0.171. The Hall–Kier alpha value is -4.29. The predicted octanol–water partition coefficient (Wildman–Crippen LogP) is 3.03. The van der Waals surface area contributed by atoms with Crippen LogP contribution in [0.25, 0.3) is 22.7 Å². The van der Waals surface area contributed by atoms with Gasteiger partial charge in [-0.3, -0.25) is 9.55 Å². The molecule has 0 fully saturated rings. The smallest absolute Gasteiger partial charge is 0.170 e. The van der Waals surface area contributed by atoms with Crippen LogP contribution in [0.2, 0.25) is 0 Å². The summed E-state index contributed by atoms with van der Waals surface area (Å²) in [4.78, 5) is 8.55. The lowest BCUT2D eigenvalue weighted by atomic mass is 10.2. The van der Waals surface area contributed by atoms with Crippen LogP contribution in [0.1, 0.15) is 24.5 Å². The Bertz CT molecular complexity index is 1630. The summed E-state index contributed by atoms with van der Waals surface area (Å²) in [5, 5.41) is 18.4. The van der Waals surface area contributed by atoms with Crippen molar-refractivity contribution in [2.24, 2.45) is 0 Å². The summed E-state index contributed by atoms with van der Waals surface area (Å²) in [7, 11) is -0.937. The van der Waals surface area contributed by atoms with Gasteiger partial charge in [0.15, 0.2) is 21.5 Å². The number of para-hydroxylation sites is 1. The zero-order valence-electron chi connectivity index (χ0n) is 21.0. The molecule has 1 N–H and O–H groups in total. The van der Waals surface area contributed by atoms with Crippen molar-refractivity contribution in [1.29, 1.82) is 0 Å². The van der Waals surface area contributed by atoms with E-state index in [1.165, 1.54) is 21.1 Å². The number of aromatic nitrogens is 6. The third kappa shape index (κ3) is 4.59. The van der Waals surface area contributed by atoms with E-state index in [4.69, 9.17) is 9.47 Å². The highest BCUT2D eigenvalue weighted by Gasteiger charge is 2.34. The number of nitrogens with zero attached hydrogens (tertiary/aromatic N) is 6. The molecule has 38 heavy (non-hydrogen) atoms. The van der Waals surface area contributed by atoms with E-state index in [0.29, 0.717) is 34.2 Å². The Kier molecular flexibility index (Phi) is 6.83. The summed E-state index contributed by atoms with van der Waals surface area (Å²) in [5.74, 6) is 0.851. The fourth-order valence-electron chi connectivity index (χ4n) is 4.22. The van der Waals surface area contributed by atoms with Crippen LogP contribution in [-0.4, -0.2) is 62.1 Å². The van der Waals surface area contributed by atoms with Crippen LogP contribution in [0.5, 0.6) is 11.5 Å². The van der Waals surface area contributed by atoms with Gasteiger partial charge < -0.3 is 19.0 Å². The number of hydrogen-bond donors (Lipinski definition) is 1. The highest BCUT2D eigenvalue weighted by atomic mass is 32.2. The maximum Gasteiger partial charge on any atom is 0.170 e. The molecule has 0 unspecified atom stereocenters. The predicted molar refractivity (Wildman–Crippen MR) is 140 cm³/mol. The number of aliphatic hydroxyl groups is 1. The SMILES string of the molecule is COc1cccc(OC)c1-n1c(CS(=O)(=O)[C@H](C)[C@@H](O)c2cn3ccccc3n2)nnc1-c1cccnc1. The molecule has 1 aromatic carbocycles. The minimum absolute atomic E-state index is 0.126. The third-order valence-electron chi connectivity index (χ3n) is 6.30. The maximum atomic E-state index is 13.6. The highest BCUT2D eigenvalue weighted by molar-refractivity contribution is 7.91. The molecular weight excluding hydrogens is 508 g/mol. The summed E-state index contributed by atoms with van der Waals surface area (Å²) in [6, 6.07) is 14.2. The van der Waals surface area contributed by atoms with E-state index in [1.54, 1.807) is 70.2 Å². The van der Waals surface area contributed by atoms with E-state index >= 15 is 0 Å². The van der Waals surface area contributed by atoms with Crippen LogP contribution in [0.3, 0.4) is 0 Å². The fraction of sp³-hybridized carbons (Fsp3) is 0.231. The Labute approximate surface area is 219 Å². The number of sulfone groups is 1. The molecule has 5 rings (SSSR count). The van der Waals surface area contributed by atoms with Crippen molar-refractivity contribution < 1.29 is 23.0 Å². The molecule has 0 spiro atoms. The number of rotatable bonds is 9. The summed E-state index contributed by atoms with van der Waals surface area (Å²) in [6.07, 6.45) is 5.28. The molecule has 2 atom stereocenters. The molecule has 0 radical (unpaired) electrons. The summed E-state index contributed by atoms with van der Waals surface area (Å²) >= 11 is 0. The molecule has 0 aliphatic heterocycles. The van der Waals surface area contributed by atoms with Gasteiger partial charge in [0.1, 0.15) is 34.7 Å². The molecule has 196 valence electrons. The van der Waals surface area contributed by atoms with Crippen molar-refractivity contribution >= 4 is 15.5 Å². The van der Waals surface area contributed by atoms with Crippen molar-refractivity contribution in [2.45, 2.75) is 24.0 Å². The summed E-state index contributed by atoms with van der Waals surface area (Å²) < 4.78 is 41.7. The lowest BCUT2D eigenvalue weighted by Crippen LogP contribution is -2.28. The van der Waals surface area contributed by atoms with Gasteiger partial charge in [0.05, 0.1) is 25.2 Å². The number of methoxy groups -OCH3 is 2. The lowest BCUT2D eigenvalue weighted by Gasteiger charge is -2.20. The van der Waals surface area contributed by atoms with Gasteiger partial charge in [-0.2, -0.15) is 0 Å². The van der Waals surface area contributed by atoms with Crippen LogP contribution < -0.4 is 9.47 Å². The molecule has 4 aromatic heterocycles. The van der Waals surface area contributed by atoms with Gasteiger partial charge in [0.25, 0.3) is 0 Å². The van der Waals surface area contributed by atoms with Crippen LogP contribution in [0, 0.1) is 0 Å². The molecular formula is C26H26N6O5S. The van der Waals surface area contributed by atoms with Crippen molar-refractivity contribution in [2.75, 3.05) is 14.2 Å². The second kappa shape index (κ2) is 10.2. The molecule has 0 aliphatic rings. The van der Waals surface area contributed by atoms with E-state index in [0.717, 1.165) is 0 Å². The van der Waals surface area contributed by atoms with E-state index < -0.39 is 26.9 Å². The number of imidazole rings is 1. The van der Waals surface area contributed by atoms with Gasteiger partial charge in [0.2, 0.25) is 0 Å². The molecule has 0 saturated carbocycles. The zero-order chi connectivity index (χ0) is 26.9. The fourth-order valence-corrected chi connectivity index (χ4v) is 5.57. The third-order valence-corrected chi connectivity index (χ3v) is 8.35. The second-order valence-corrected chi connectivity index (χ2v) is 11.0. The first kappa shape index (κ1) is 25.4. The number of benzene rings is 1. The van der Waals surface area contributed by atoms with E-state index in [2.05, 4.69) is 20.2 Å². The minimum atomic E-state index is -3.96. The monoisotopic (exact) mass is 534 g/mol. The van der Waals surface area contributed by atoms with Crippen molar-refractivity contribution in [3.8, 4) is 28.6 Å². The molecule has 11 nitrogen and oxygen atoms in total. The van der Waals surface area contributed by atoms with Gasteiger partial charge in [-0.05, 0) is 43.3 Å². The van der Waals surface area contributed by atoms with Gasteiger partial charge in [-0.25, -0.2) is 13.4 Å². The summed E-state index contributed by atoms with van der Waals surface area (Å²) in [5.41, 5.74) is 1.93. The largest absolute Gasteiger partial charge is 0.494 e. The van der Waals surface area contributed by atoms with E-state index in [-0.39, 0.29) is 11.5 Å². The normalized spacial score (nSPS) is 13.4. The first-order valence-corrected chi connectivity index (χ1v) is 13.4. The number of ether oxygens (including phenoxy) is 2. The molecule has 12 heteroatoms. The number of hydrogen-bond acceptors (Lipinski definition) is 9. The van der Waals surface area contributed by atoms with Crippen LogP contribution >= 0.6 is 0 Å². The van der Waals surface area contributed by atoms with Crippen molar-refractivity contribution in [1.82, 2.24) is 29.1 Å². The molecule has 0 aliphatic carbocycles. The summed E-state index contributed by atoms with van der Waals surface area (Å²) in [6.45, 7) is 1.45. The quantitative estimate of drug-likeness (QED) is 0.303. The standard InChI is InChI=1S/C26H26N6O5S/c1-17(25(33)19-15-31-13-5-4-11-22(31)28-19)38(34,35)16-23-29-30-26(18-8-7-12-27-14-18)32(23)24-20(36-2)9-6-10-21(24)37-3/h4-15,17,25,33H,16H2,1-3H3/t17-,25-/m1/s1. The van der Waals surface area contributed by atoms with Gasteiger partial charge in [0, 0.05) is 30.4 Å². The molecule has 0 saturated heterocycles. The van der Waals surface area contributed by atoms with Crippen molar-refractivity contribution in [3.05, 3.63) is 84.8 Å². The van der Waals surface area contributed by atoms with Gasteiger partial charge in [-0.1, -0.05) is 12.1 Å². The Morgan fingerprint density at radius 2 is 1.76 bits per heavy atom. The Balaban J connectivity index is 1.58. The molecule has 5 aromatic rings. The van der Waals surface area contributed by atoms with Gasteiger partial charge >= 0.3 is 0 Å². The molecule has 0 bridgehead atoms. The number of fused-ring (bicyclic) bond motifs is 1. The van der Waals surface area contributed by atoms with Crippen LogP contribution in [0.15, 0.2) is 73.3 Å². The first-order chi connectivity index (χ1) is 18.3. The number of aliphatic hydroxyl groups excluding tert-OH is 1. The van der Waals surface area contributed by atoms with Crippen LogP contribution in [-0.2, 0) is 15.6 Å². The molecule has 4 heterocycles.